The van der Waals surface area contributed by atoms with Gasteiger partial charge < -0.3 is 0 Å². The summed E-state index contributed by atoms with van der Waals surface area (Å²) in [4.78, 5) is 23.5. The second kappa shape index (κ2) is 13.0. The first-order chi connectivity index (χ1) is 23.8. The predicted molar refractivity (Wildman–Crippen MR) is 193 cm³/mol. The van der Waals surface area contributed by atoms with Crippen LogP contribution >= 0.6 is 0 Å². The molecule has 0 saturated heterocycles. The van der Waals surface area contributed by atoms with E-state index in [9.17, 15) is 0 Å². The minimum Gasteiger partial charge on any atom is -0.265 e. The highest BCUT2D eigenvalue weighted by molar-refractivity contribution is 5.74. The van der Waals surface area contributed by atoms with Crippen molar-refractivity contribution in [2.45, 2.75) is 0 Å². The van der Waals surface area contributed by atoms with Gasteiger partial charge in [0.1, 0.15) is 0 Å². The molecule has 0 unspecified atom stereocenters. The van der Waals surface area contributed by atoms with Gasteiger partial charge in [0.2, 0.25) is 0 Å². The van der Waals surface area contributed by atoms with E-state index >= 15 is 0 Å². The van der Waals surface area contributed by atoms with Gasteiger partial charge in [-0.2, -0.15) is 0 Å². The molecule has 0 radical (unpaired) electrons. The second-order valence-electron chi connectivity index (χ2n) is 11.4. The monoisotopic (exact) mass is 615 g/mol. The van der Waals surface area contributed by atoms with Crippen LogP contribution in [-0.2, 0) is 0 Å². The van der Waals surface area contributed by atoms with E-state index in [-0.39, 0.29) is 0 Å². The summed E-state index contributed by atoms with van der Waals surface area (Å²) in [5, 5.41) is 0. The third-order valence-electron chi connectivity index (χ3n) is 8.35. The Kier molecular flexibility index (Phi) is 7.83. The van der Waals surface area contributed by atoms with Crippen molar-refractivity contribution in [2.24, 2.45) is 0 Å². The van der Waals surface area contributed by atoms with E-state index < -0.39 is 0 Å². The zero-order chi connectivity index (χ0) is 32.1. The lowest BCUT2D eigenvalue weighted by Gasteiger charge is -2.10. The normalized spacial score (nSPS) is 10.9. The summed E-state index contributed by atoms with van der Waals surface area (Å²) in [5.74, 6) is 1.92. The van der Waals surface area contributed by atoms with E-state index in [1.807, 2.05) is 54.7 Å². The minimum atomic E-state index is 0.633. The maximum Gasteiger partial charge on any atom is 0.164 e. The molecule has 0 aliphatic heterocycles. The zero-order valence-corrected chi connectivity index (χ0v) is 26.0. The Bertz CT molecular complexity index is 2270. The van der Waals surface area contributed by atoms with Crippen LogP contribution in [0.5, 0.6) is 0 Å². The average molecular weight is 616 g/mol. The largest absolute Gasteiger partial charge is 0.265 e. The van der Waals surface area contributed by atoms with Gasteiger partial charge >= 0.3 is 0 Å². The van der Waals surface area contributed by atoms with Gasteiger partial charge in [-0.3, -0.25) is 9.97 Å². The lowest BCUT2D eigenvalue weighted by Crippen LogP contribution is -2.00. The molecule has 0 amide bonds. The van der Waals surface area contributed by atoms with E-state index in [4.69, 9.17) is 19.9 Å². The maximum atomic E-state index is 4.94. The Morgan fingerprint density at radius 2 is 0.625 bits per heavy atom. The molecule has 0 spiro atoms. The fraction of sp³-hybridized carbons (Fsp3) is 0. The van der Waals surface area contributed by atoms with Gasteiger partial charge in [0.15, 0.2) is 17.5 Å². The van der Waals surface area contributed by atoms with Crippen molar-refractivity contribution in [3.8, 4) is 78.8 Å². The molecule has 5 aromatic carbocycles. The second-order valence-corrected chi connectivity index (χ2v) is 11.4. The van der Waals surface area contributed by atoms with Gasteiger partial charge in [-0.15, -0.1) is 0 Å². The van der Waals surface area contributed by atoms with E-state index in [1.54, 1.807) is 12.4 Å². The topological polar surface area (TPSA) is 64.5 Å². The number of aromatic nitrogens is 5. The number of rotatable bonds is 7. The van der Waals surface area contributed by atoms with E-state index in [0.717, 1.165) is 55.8 Å². The highest BCUT2D eigenvalue weighted by atomic mass is 15.0. The van der Waals surface area contributed by atoms with Gasteiger partial charge in [0, 0.05) is 46.4 Å². The molecule has 3 heterocycles. The van der Waals surface area contributed by atoms with Crippen molar-refractivity contribution in [2.75, 3.05) is 0 Å². The van der Waals surface area contributed by atoms with Crippen molar-refractivity contribution in [3.63, 3.8) is 0 Å². The molecular weight excluding hydrogens is 587 g/mol. The molecule has 0 atom stereocenters. The standard InChI is InChI=1S/C43H29N5/c1-3-7-30(8-4-1)31-13-19-37(20-14-31)42-46-41(36-9-5-2-6-10-36)47-43(48-42)38-21-15-33(16-22-38)32-11-17-35(18-12-32)40-24-23-39(29-45-40)34-25-27-44-28-26-34/h1-29H. The summed E-state index contributed by atoms with van der Waals surface area (Å²) in [5.41, 5.74) is 11.5. The molecular formula is C43H29N5. The molecule has 48 heavy (non-hydrogen) atoms. The van der Waals surface area contributed by atoms with Crippen molar-refractivity contribution in [1.29, 1.82) is 0 Å². The molecule has 0 saturated carbocycles. The fourth-order valence-corrected chi connectivity index (χ4v) is 5.72. The van der Waals surface area contributed by atoms with Gasteiger partial charge in [-0.25, -0.2) is 15.0 Å². The summed E-state index contributed by atoms with van der Waals surface area (Å²) >= 11 is 0. The minimum absolute atomic E-state index is 0.633. The lowest BCUT2D eigenvalue weighted by atomic mass is 10.0. The average Bonchev–Trinajstić information content (AvgIpc) is 3.19. The number of benzene rings is 5. The van der Waals surface area contributed by atoms with E-state index in [2.05, 4.69) is 114 Å². The predicted octanol–water partition coefficient (Wildman–Crippen LogP) is 10.3. The Morgan fingerprint density at radius 3 is 1.08 bits per heavy atom. The molecule has 8 rings (SSSR count). The Balaban J connectivity index is 1.07. The van der Waals surface area contributed by atoms with Crippen LogP contribution in [0.4, 0.5) is 0 Å². The van der Waals surface area contributed by atoms with Crippen LogP contribution in [0.15, 0.2) is 176 Å². The zero-order valence-electron chi connectivity index (χ0n) is 26.0. The smallest absolute Gasteiger partial charge is 0.164 e. The van der Waals surface area contributed by atoms with Crippen LogP contribution in [0.3, 0.4) is 0 Å². The van der Waals surface area contributed by atoms with Crippen molar-refractivity contribution in [3.05, 3.63) is 176 Å². The van der Waals surface area contributed by atoms with Crippen LogP contribution in [0, 0.1) is 0 Å². The van der Waals surface area contributed by atoms with Crippen LogP contribution in [0.25, 0.3) is 78.8 Å². The van der Waals surface area contributed by atoms with Gasteiger partial charge in [0.05, 0.1) is 5.69 Å². The third-order valence-corrected chi connectivity index (χ3v) is 8.35. The fourth-order valence-electron chi connectivity index (χ4n) is 5.72. The highest BCUT2D eigenvalue weighted by Crippen LogP contribution is 2.30. The van der Waals surface area contributed by atoms with Crippen LogP contribution in [0.2, 0.25) is 0 Å². The first-order valence-corrected chi connectivity index (χ1v) is 15.8. The van der Waals surface area contributed by atoms with E-state index in [0.29, 0.717) is 17.5 Å². The molecule has 5 heteroatoms. The number of nitrogens with zero attached hydrogens (tertiary/aromatic N) is 5. The van der Waals surface area contributed by atoms with Gasteiger partial charge in [-0.05, 0) is 46.0 Å². The highest BCUT2D eigenvalue weighted by Gasteiger charge is 2.13. The molecule has 5 nitrogen and oxygen atoms in total. The number of pyridine rings is 2. The molecule has 0 bridgehead atoms. The van der Waals surface area contributed by atoms with Crippen LogP contribution in [0.1, 0.15) is 0 Å². The molecule has 8 aromatic rings. The molecule has 0 aliphatic carbocycles. The molecule has 3 aromatic heterocycles. The maximum absolute atomic E-state index is 4.94. The summed E-state index contributed by atoms with van der Waals surface area (Å²) in [6.45, 7) is 0. The molecule has 0 fully saturated rings. The summed E-state index contributed by atoms with van der Waals surface area (Å²) in [6, 6.07) is 53.8. The summed E-state index contributed by atoms with van der Waals surface area (Å²) in [6.07, 6.45) is 5.50. The quantitative estimate of drug-likeness (QED) is 0.178. The summed E-state index contributed by atoms with van der Waals surface area (Å²) < 4.78 is 0. The van der Waals surface area contributed by atoms with E-state index in [1.165, 1.54) is 5.56 Å². The molecule has 0 aliphatic rings. The Morgan fingerprint density at radius 1 is 0.271 bits per heavy atom. The first-order valence-electron chi connectivity index (χ1n) is 15.8. The molecule has 0 N–H and O–H groups in total. The summed E-state index contributed by atoms with van der Waals surface area (Å²) in [7, 11) is 0. The molecule has 226 valence electrons. The van der Waals surface area contributed by atoms with Crippen molar-refractivity contribution < 1.29 is 0 Å². The number of hydrogen-bond donors (Lipinski definition) is 0. The van der Waals surface area contributed by atoms with Crippen LogP contribution < -0.4 is 0 Å². The Hall–Kier alpha value is -6.59. The number of hydrogen-bond acceptors (Lipinski definition) is 5. The van der Waals surface area contributed by atoms with Crippen LogP contribution in [-0.4, -0.2) is 24.9 Å². The SMILES string of the molecule is c1ccc(-c2ccc(-c3nc(-c4ccccc4)nc(-c4ccc(-c5ccc(-c6ccc(-c7ccncc7)cn6)cc5)cc4)n3)cc2)cc1. The first kappa shape index (κ1) is 28.9. The third kappa shape index (κ3) is 6.13. The van der Waals surface area contributed by atoms with Gasteiger partial charge in [0.25, 0.3) is 0 Å². The van der Waals surface area contributed by atoms with Crippen molar-refractivity contribution in [1.82, 2.24) is 24.9 Å². The Labute approximate surface area is 279 Å². The van der Waals surface area contributed by atoms with Crippen molar-refractivity contribution >= 4 is 0 Å². The lowest BCUT2D eigenvalue weighted by molar-refractivity contribution is 1.07. The van der Waals surface area contributed by atoms with Gasteiger partial charge in [-0.1, -0.05) is 140 Å².